The molecular formula is C10H10F2N2. The van der Waals surface area contributed by atoms with E-state index in [4.69, 9.17) is 12.2 Å². The zero-order valence-electron chi connectivity index (χ0n) is 7.72. The third kappa shape index (κ3) is 1.77. The average Bonchev–Trinajstić information content (AvgIpc) is 2.13. The van der Waals surface area contributed by atoms with Crippen molar-refractivity contribution in [3.63, 3.8) is 0 Å². The summed E-state index contributed by atoms with van der Waals surface area (Å²) >= 11 is 0. The molecule has 74 valence electrons. The summed E-state index contributed by atoms with van der Waals surface area (Å²) in [7, 11) is 1.55. The molecule has 1 rings (SSSR count). The molecule has 2 nitrogen and oxygen atoms in total. The molecule has 0 amide bonds. The molecule has 0 saturated heterocycles. The molecule has 0 radical (unpaired) electrons. The highest BCUT2D eigenvalue weighted by atomic mass is 19.2. The van der Waals surface area contributed by atoms with E-state index in [1.54, 1.807) is 7.05 Å². The van der Waals surface area contributed by atoms with Crippen molar-refractivity contribution in [2.45, 2.75) is 0 Å². The van der Waals surface area contributed by atoms with E-state index in [1.807, 2.05) is 0 Å². The van der Waals surface area contributed by atoms with Crippen LogP contribution in [-0.4, -0.2) is 13.6 Å². The number of rotatable bonds is 2. The number of nitrogen functional groups attached to an aromatic ring is 1. The molecule has 4 heteroatoms. The van der Waals surface area contributed by atoms with Gasteiger partial charge in [0.05, 0.1) is 17.9 Å². The molecular weight excluding hydrogens is 186 g/mol. The minimum Gasteiger partial charge on any atom is -0.397 e. The van der Waals surface area contributed by atoms with Crippen LogP contribution >= 0.6 is 0 Å². The number of nitrogens with two attached hydrogens (primary N) is 1. The van der Waals surface area contributed by atoms with Gasteiger partial charge in [-0.15, -0.1) is 6.42 Å². The fraction of sp³-hybridized carbons (Fsp3) is 0.200. The second-order valence-electron chi connectivity index (χ2n) is 2.86. The Hall–Kier alpha value is -1.76. The lowest BCUT2D eigenvalue weighted by Crippen LogP contribution is -2.20. The predicted octanol–water partition coefficient (Wildman–Crippen LogP) is 1.62. The number of halogens is 2. The van der Waals surface area contributed by atoms with Crippen LogP contribution in [0.1, 0.15) is 0 Å². The maximum absolute atomic E-state index is 13.3. The van der Waals surface area contributed by atoms with Crippen LogP contribution in [0.15, 0.2) is 12.1 Å². The summed E-state index contributed by atoms with van der Waals surface area (Å²) in [5, 5.41) is 0. The Kier molecular flexibility index (Phi) is 2.92. The van der Waals surface area contributed by atoms with Crippen molar-refractivity contribution in [2.24, 2.45) is 0 Å². The van der Waals surface area contributed by atoms with Gasteiger partial charge >= 0.3 is 0 Å². The normalized spacial score (nSPS) is 9.57. The number of nitrogens with zero attached hydrogens (tertiary/aromatic N) is 1. The van der Waals surface area contributed by atoms with E-state index in [2.05, 4.69) is 5.92 Å². The molecule has 0 spiro atoms. The van der Waals surface area contributed by atoms with Gasteiger partial charge in [-0.25, -0.2) is 8.78 Å². The van der Waals surface area contributed by atoms with Crippen molar-refractivity contribution in [2.75, 3.05) is 24.2 Å². The Morgan fingerprint density at radius 2 is 2.14 bits per heavy atom. The Bertz CT molecular complexity index is 382. The van der Waals surface area contributed by atoms with E-state index in [9.17, 15) is 8.78 Å². The van der Waals surface area contributed by atoms with Crippen LogP contribution in [0.4, 0.5) is 20.2 Å². The zero-order valence-corrected chi connectivity index (χ0v) is 7.72. The van der Waals surface area contributed by atoms with Gasteiger partial charge in [0.15, 0.2) is 11.6 Å². The van der Waals surface area contributed by atoms with E-state index in [1.165, 1.54) is 11.0 Å². The van der Waals surface area contributed by atoms with Gasteiger partial charge in [0.25, 0.3) is 0 Å². The largest absolute Gasteiger partial charge is 0.397 e. The Morgan fingerprint density at radius 3 is 2.71 bits per heavy atom. The number of hydrogen-bond donors (Lipinski definition) is 1. The Balaban J connectivity index is 3.19. The second kappa shape index (κ2) is 3.97. The molecule has 0 aliphatic heterocycles. The number of benzene rings is 1. The lowest BCUT2D eigenvalue weighted by molar-refractivity contribution is 0.509. The van der Waals surface area contributed by atoms with Crippen LogP contribution in [0, 0.1) is 24.0 Å². The molecule has 0 unspecified atom stereocenters. The predicted molar refractivity (Wildman–Crippen MR) is 52.9 cm³/mol. The monoisotopic (exact) mass is 196 g/mol. The van der Waals surface area contributed by atoms with Crippen LogP contribution in [0.25, 0.3) is 0 Å². The molecule has 0 atom stereocenters. The summed E-state index contributed by atoms with van der Waals surface area (Å²) in [6, 6.07) is 2.29. The summed E-state index contributed by atoms with van der Waals surface area (Å²) in [4.78, 5) is 1.38. The van der Waals surface area contributed by atoms with E-state index in [-0.39, 0.29) is 17.9 Å². The van der Waals surface area contributed by atoms with Crippen LogP contribution < -0.4 is 10.6 Å². The van der Waals surface area contributed by atoms with Crippen LogP contribution in [-0.2, 0) is 0 Å². The van der Waals surface area contributed by atoms with Gasteiger partial charge in [-0.3, -0.25) is 0 Å². The van der Waals surface area contributed by atoms with Gasteiger partial charge in [0, 0.05) is 7.05 Å². The summed E-state index contributed by atoms with van der Waals surface area (Å²) in [6.07, 6.45) is 5.06. The zero-order chi connectivity index (χ0) is 10.7. The van der Waals surface area contributed by atoms with Crippen molar-refractivity contribution in [3.8, 4) is 12.3 Å². The highest BCUT2D eigenvalue weighted by Gasteiger charge is 2.14. The molecule has 0 saturated carbocycles. The van der Waals surface area contributed by atoms with E-state index in [0.717, 1.165) is 6.07 Å². The fourth-order valence-electron chi connectivity index (χ4n) is 1.16. The van der Waals surface area contributed by atoms with Gasteiger partial charge in [0.2, 0.25) is 0 Å². The molecule has 1 aromatic carbocycles. The third-order valence-corrected chi connectivity index (χ3v) is 1.81. The molecule has 0 aliphatic carbocycles. The molecule has 14 heavy (non-hydrogen) atoms. The molecule has 0 fully saturated rings. The van der Waals surface area contributed by atoms with E-state index < -0.39 is 11.6 Å². The van der Waals surface area contributed by atoms with Gasteiger partial charge in [0.1, 0.15) is 0 Å². The fourth-order valence-corrected chi connectivity index (χ4v) is 1.16. The highest BCUT2D eigenvalue weighted by molar-refractivity contribution is 5.68. The number of anilines is 2. The van der Waals surface area contributed by atoms with Gasteiger partial charge < -0.3 is 10.6 Å². The van der Waals surface area contributed by atoms with Crippen molar-refractivity contribution < 1.29 is 8.78 Å². The maximum Gasteiger partial charge on any atom is 0.184 e. The average molecular weight is 196 g/mol. The molecule has 1 aromatic rings. The van der Waals surface area contributed by atoms with Gasteiger partial charge in [-0.1, -0.05) is 5.92 Å². The number of hydrogen-bond acceptors (Lipinski definition) is 2. The lowest BCUT2D eigenvalue weighted by Gasteiger charge is -2.19. The maximum atomic E-state index is 13.3. The summed E-state index contributed by atoms with van der Waals surface area (Å²) in [5.41, 5.74) is 5.68. The van der Waals surface area contributed by atoms with E-state index in [0.29, 0.717) is 0 Å². The molecule has 0 bridgehead atoms. The number of terminal acetylenes is 1. The SMILES string of the molecule is C#CCN(C)c1c(N)ccc(F)c1F. The quantitative estimate of drug-likeness (QED) is 0.575. The third-order valence-electron chi connectivity index (χ3n) is 1.81. The van der Waals surface area contributed by atoms with Gasteiger partial charge in [-0.2, -0.15) is 0 Å². The summed E-state index contributed by atoms with van der Waals surface area (Å²) < 4.78 is 26.1. The van der Waals surface area contributed by atoms with Crippen LogP contribution in [0.5, 0.6) is 0 Å². The minimum atomic E-state index is -0.970. The second-order valence-corrected chi connectivity index (χ2v) is 2.86. The molecule has 0 aliphatic rings. The first-order valence-electron chi connectivity index (χ1n) is 3.96. The first-order valence-corrected chi connectivity index (χ1v) is 3.96. The first kappa shape index (κ1) is 10.3. The topological polar surface area (TPSA) is 29.3 Å². The van der Waals surface area contributed by atoms with Crippen LogP contribution in [0.3, 0.4) is 0 Å². The Morgan fingerprint density at radius 1 is 1.50 bits per heavy atom. The lowest BCUT2D eigenvalue weighted by atomic mass is 10.2. The molecule has 0 aromatic heterocycles. The first-order chi connectivity index (χ1) is 6.57. The van der Waals surface area contributed by atoms with Crippen LogP contribution in [0.2, 0.25) is 0 Å². The van der Waals surface area contributed by atoms with E-state index >= 15 is 0 Å². The van der Waals surface area contributed by atoms with Crippen molar-refractivity contribution in [3.05, 3.63) is 23.8 Å². The summed E-state index contributed by atoms with van der Waals surface area (Å²) in [5.74, 6) is 0.419. The highest BCUT2D eigenvalue weighted by Crippen LogP contribution is 2.27. The van der Waals surface area contributed by atoms with Crippen molar-refractivity contribution >= 4 is 11.4 Å². The standard InChI is InChI=1S/C10H10F2N2/c1-3-6-14(2)10-8(13)5-4-7(11)9(10)12/h1,4-5H,6,13H2,2H3. The molecule has 0 heterocycles. The molecule has 2 N–H and O–H groups in total. The Labute approximate surface area is 81.3 Å². The summed E-state index contributed by atoms with van der Waals surface area (Å²) in [6.45, 7) is 0.171. The van der Waals surface area contributed by atoms with Crippen molar-refractivity contribution in [1.82, 2.24) is 0 Å². The minimum absolute atomic E-state index is 0.00273. The van der Waals surface area contributed by atoms with Crippen molar-refractivity contribution in [1.29, 1.82) is 0 Å². The van der Waals surface area contributed by atoms with Gasteiger partial charge in [-0.05, 0) is 12.1 Å². The smallest absolute Gasteiger partial charge is 0.184 e.